The van der Waals surface area contributed by atoms with Crippen LogP contribution in [0, 0.1) is 6.92 Å². The zero-order chi connectivity index (χ0) is 23.3. The van der Waals surface area contributed by atoms with Crippen molar-refractivity contribution in [2.45, 2.75) is 65.5 Å². The Morgan fingerprint density at radius 2 is 1.72 bits per heavy atom. The molecule has 0 aromatic heterocycles. The highest BCUT2D eigenvalue weighted by atomic mass is 35.5. The largest absolute Gasteiger partial charge is 0.494 e. The molecule has 2 amide bonds. The van der Waals surface area contributed by atoms with E-state index in [0.717, 1.165) is 29.7 Å². The van der Waals surface area contributed by atoms with Gasteiger partial charge in [-0.05, 0) is 56.0 Å². The number of amides is 2. The molecule has 1 N–H and O–H groups in total. The molecule has 0 aliphatic rings. The van der Waals surface area contributed by atoms with E-state index >= 15 is 0 Å². The van der Waals surface area contributed by atoms with Crippen LogP contribution in [0.4, 0.5) is 0 Å². The number of nitrogens with one attached hydrogen (secondary N) is 1. The lowest BCUT2D eigenvalue weighted by molar-refractivity contribution is -0.141. The Bertz CT molecular complexity index is 837. The van der Waals surface area contributed by atoms with Crippen LogP contribution in [-0.2, 0) is 16.1 Å². The Balaban J connectivity index is 2.02. The summed E-state index contributed by atoms with van der Waals surface area (Å²) in [6, 6.07) is 14.8. The number of carbonyl (C=O) groups is 2. The normalized spacial score (nSPS) is 11.6. The van der Waals surface area contributed by atoms with Crippen molar-refractivity contribution in [2.24, 2.45) is 0 Å². The van der Waals surface area contributed by atoms with Crippen molar-refractivity contribution in [3.63, 3.8) is 0 Å². The van der Waals surface area contributed by atoms with Gasteiger partial charge < -0.3 is 15.0 Å². The Morgan fingerprint density at radius 3 is 2.34 bits per heavy atom. The van der Waals surface area contributed by atoms with E-state index < -0.39 is 6.04 Å². The smallest absolute Gasteiger partial charge is 0.242 e. The van der Waals surface area contributed by atoms with Crippen molar-refractivity contribution in [3.8, 4) is 5.75 Å². The number of aryl methyl sites for hydroxylation is 1. The third-order valence-electron chi connectivity index (χ3n) is 5.31. The van der Waals surface area contributed by atoms with Gasteiger partial charge in [-0.3, -0.25) is 9.59 Å². The molecule has 6 heteroatoms. The van der Waals surface area contributed by atoms with Crippen LogP contribution in [0.3, 0.4) is 0 Å². The predicted molar refractivity (Wildman–Crippen MR) is 130 cm³/mol. The van der Waals surface area contributed by atoms with Crippen LogP contribution < -0.4 is 10.1 Å². The minimum atomic E-state index is -0.488. The molecule has 0 heterocycles. The van der Waals surface area contributed by atoms with Gasteiger partial charge in [0.2, 0.25) is 11.8 Å². The van der Waals surface area contributed by atoms with Crippen molar-refractivity contribution in [3.05, 3.63) is 64.7 Å². The summed E-state index contributed by atoms with van der Waals surface area (Å²) in [4.78, 5) is 27.7. The van der Waals surface area contributed by atoms with Crippen LogP contribution in [0.2, 0.25) is 5.02 Å². The molecule has 0 aliphatic heterocycles. The van der Waals surface area contributed by atoms with E-state index in [1.54, 1.807) is 17.0 Å². The number of halogens is 1. The second-order valence-electron chi connectivity index (χ2n) is 7.98. The molecule has 2 rings (SSSR count). The van der Waals surface area contributed by atoms with Crippen molar-refractivity contribution < 1.29 is 14.3 Å². The number of ether oxygens (including phenoxy) is 1. The van der Waals surface area contributed by atoms with Crippen molar-refractivity contribution in [1.29, 1.82) is 0 Å². The molecule has 0 radical (unpaired) electrons. The summed E-state index contributed by atoms with van der Waals surface area (Å²) in [7, 11) is 0. The summed E-state index contributed by atoms with van der Waals surface area (Å²) < 4.78 is 5.71. The zero-order valence-corrected chi connectivity index (χ0v) is 20.2. The molecule has 0 unspecified atom stereocenters. The van der Waals surface area contributed by atoms with Crippen LogP contribution in [0.1, 0.15) is 57.1 Å². The van der Waals surface area contributed by atoms with Crippen molar-refractivity contribution in [1.82, 2.24) is 10.2 Å². The molecule has 5 nitrogen and oxygen atoms in total. The summed E-state index contributed by atoms with van der Waals surface area (Å²) in [5, 5.41) is 3.64. The summed E-state index contributed by atoms with van der Waals surface area (Å²) in [5.41, 5.74) is 2.18. The summed E-state index contributed by atoms with van der Waals surface area (Å²) in [5.74, 6) is 0.599. The van der Waals surface area contributed by atoms with Gasteiger partial charge in [0.1, 0.15) is 11.8 Å². The highest BCUT2D eigenvalue weighted by Crippen LogP contribution is 2.17. The minimum absolute atomic E-state index is 0.0391. The molecule has 0 bridgehead atoms. The molecule has 0 spiro atoms. The summed E-state index contributed by atoms with van der Waals surface area (Å²) >= 11 is 5.89. The number of rotatable bonds is 13. The van der Waals surface area contributed by atoms with E-state index in [4.69, 9.17) is 16.3 Å². The maximum absolute atomic E-state index is 13.2. The van der Waals surface area contributed by atoms with E-state index in [0.29, 0.717) is 44.0 Å². The lowest BCUT2D eigenvalue weighted by Crippen LogP contribution is -2.49. The number of hydrogen-bond donors (Lipinski definition) is 1. The van der Waals surface area contributed by atoms with Gasteiger partial charge in [-0.1, -0.05) is 61.7 Å². The number of hydrogen-bond acceptors (Lipinski definition) is 3. The Hall–Kier alpha value is -2.53. The predicted octanol–water partition coefficient (Wildman–Crippen LogP) is 5.53. The molecule has 0 saturated heterocycles. The number of carbonyl (C=O) groups excluding carboxylic acids is 2. The lowest BCUT2D eigenvalue weighted by Gasteiger charge is -2.31. The van der Waals surface area contributed by atoms with Gasteiger partial charge in [0, 0.05) is 24.5 Å². The van der Waals surface area contributed by atoms with Gasteiger partial charge in [0.15, 0.2) is 0 Å². The molecule has 0 fully saturated rings. The summed E-state index contributed by atoms with van der Waals surface area (Å²) in [6.07, 6.45) is 3.39. The van der Waals surface area contributed by atoms with Gasteiger partial charge in [0.25, 0.3) is 0 Å². The molecule has 32 heavy (non-hydrogen) atoms. The second kappa shape index (κ2) is 13.8. The first-order valence-corrected chi connectivity index (χ1v) is 11.8. The monoisotopic (exact) mass is 458 g/mol. The Labute approximate surface area is 197 Å². The maximum atomic E-state index is 13.2. The fraction of sp³-hybridized carbons (Fsp3) is 0.462. The van der Waals surface area contributed by atoms with Crippen LogP contribution in [-0.4, -0.2) is 35.9 Å². The molecule has 2 aromatic rings. The highest BCUT2D eigenvalue weighted by Gasteiger charge is 2.28. The quantitative estimate of drug-likeness (QED) is 0.401. The average molecular weight is 459 g/mol. The van der Waals surface area contributed by atoms with E-state index in [2.05, 4.69) is 12.2 Å². The van der Waals surface area contributed by atoms with Crippen LogP contribution in [0.5, 0.6) is 5.75 Å². The Kier molecular flexibility index (Phi) is 11.1. The SMILES string of the molecule is CCCCNC(=O)[C@@H](CC)N(Cc1ccc(C)cc1)C(=O)CCCOc1ccc(Cl)cc1. The van der Waals surface area contributed by atoms with E-state index in [9.17, 15) is 9.59 Å². The second-order valence-corrected chi connectivity index (χ2v) is 8.42. The molecular weight excluding hydrogens is 424 g/mol. The zero-order valence-electron chi connectivity index (χ0n) is 19.4. The molecular formula is C26H35ClN2O3. The first kappa shape index (κ1) is 25.7. The summed E-state index contributed by atoms with van der Waals surface area (Å²) in [6.45, 7) is 7.53. The van der Waals surface area contributed by atoms with E-state index in [1.165, 1.54) is 0 Å². The third kappa shape index (κ3) is 8.54. The maximum Gasteiger partial charge on any atom is 0.242 e. The van der Waals surface area contributed by atoms with Crippen molar-refractivity contribution >= 4 is 23.4 Å². The van der Waals surface area contributed by atoms with Crippen molar-refractivity contribution in [2.75, 3.05) is 13.2 Å². The van der Waals surface area contributed by atoms with Crippen LogP contribution >= 0.6 is 11.6 Å². The van der Waals surface area contributed by atoms with Crippen LogP contribution in [0.25, 0.3) is 0 Å². The molecule has 1 atom stereocenters. The average Bonchev–Trinajstić information content (AvgIpc) is 2.79. The number of unbranched alkanes of at least 4 members (excludes halogenated alkanes) is 1. The molecule has 0 saturated carbocycles. The standard InChI is InChI=1S/C26H35ClN2O3/c1-4-6-17-28-26(31)24(5-2)29(19-21-11-9-20(3)10-12-21)25(30)8-7-18-32-23-15-13-22(27)14-16-23/h9-16,24H,4-8,17-19H2,1-3H3,(H,28,31)/t24-/m1/s1. The lowest BCUT2D eigenvalue weighted by atomic mass is 10.1. The topological polar surface area (TPSA) is 58.6 Å². The molecule has 2 aromatic carbocycles. The number of benzene rings is 2. The van der Waals surface area contributed by atoms with Gasteiger partial charge in [-0.15, -0.1) is 0 Å². The fourth-order valence-corrected chi connectivity index (χ4v) is 3.53. The fourth-order valence-electron chi connectivity index (χ4n) is 3.40. The number of nitrogens with zero attached hydrogens (tertiary/aromatic N) is 1. The Morgan fingerprint density at radius 1 is 1.03 bits per heavy atom. The van der Waals surface area contributed by atoms with Gasteiger partial charge >= 0.3 is 0 Å². The van der Waals surface area contributed by atoms with E-state index in [1.807, 2.05) is 50.2 Å². The van der Waals surface area contributed by atoms with Crippen LogP contribution in [0.15, 0.2) is 48.5 Å². The molecule has 0 aliphatic carbocycles. The van der Waals surface area contributed by atoms with E-state index in [-0.39, 0.29) is 11.8 Å². The first-order valence-electron chi connectivity index (χ1n) is 11.5. The first-order chi connectivity index (χ1) is 15.4. The minimum Gasteiger partial charge on any atom is -0.494 e. The van der Waals surface area contributed by atoms with Gasteiger partial charge in [-0.25, -0.2) is 0 Å². The van der Waals surface area contributed by atoms with Gasteiger partial charge in [0.05, 0.1) is 6.61 Å². The third-order valence-corrected chi connectivity index (χ3v) is 5.56. The molecule has 174 valence electrons. The van der Waals surface area contributed by atoms with Gasteiger partial charge in [-0.2, -0.15) is 0 Å². The highest BCUT2D eigenvalue weighted by molar-refractivity contribution is 6.30.